The summed E-state index contributed by atoms with van der Waals surface area (Å²) < 4.78 is 81.8. The van der Waals surface area contributed by atoms with Crippen LogP contribution in [0.4, 0.5) is 32.0 Å². The number of primary amides is 1. The Morgan fingerprint density at radius 3 is 2.27 bits per heavy atom. The number of fused-ring (bicyclic) bond motifs is 1. The number of hydrogen-bond donors (Lipinski definition) is 2. The zero-order chi connectivity index (χ0) is 29.0. The van der Waals surface area contributed by atoms with Gasteiger partial charge in [0.15, 0.2) is 5.69 Å². The van der Waals surface area contributed by atoms with E-state index in [2.05, 4.69) is 15.4 Å². The largest absolute Gasteiger partial charge is 0.435 e. The molecule has 0 bridgehead atoms. The van der Waals surface area contributed by atoms with E-state index >= 15 is 0 Å². The van der Waals surface area contributed by atoms with Crippen LogP contribution >= 0.6 is 11.3 Å². The molecule has 0 saturated heterocycles. The van der Waals surface area contributed by atoms with Gasteiger partial charge in [0, 0.05) is 30.0 Å². The molecule has 3 aromatic heterocycles. The number of benzene rings is 1. The fourth-order valence-corrected chi connectivity index (χ4v) is 5.37. The highest BCUT2D eigenvalue weighted by molar-refractivity contribution is 7.21. The van der Waals surface area contributed by atoms with Crippen molar-refractivity contribution in [2.45, 2.75) is 51.0 Å². The van der Waals surface area contributed by atoms with Gasteiger partial charge in [-0.25, -0.2) is 4.98 Å². The van der Waals surface area contributed by atoms with Gasteiger partial charge < -0.3 is 11.1 Å². The second-order valence-electron chi connectivity index (χ2n) is 9.52. The number of carbonyl (C=O) groups excluding carboxylic acids is 2. The van der Waals surface area contributed by atoms with E-state index in [0.29, 0.717) is 35.4 Å². The van der Waals surface area contributed by atoms with E-state index < -0.39 is 35.6 Å². The predicted octanol–water partition coefficient (Wildman–Crippen LogP) is 6.51. The van der Waals surface area contributed by atoms with Gasteiger partial charge in [-0.2, -0.15) is 31.4 Å². The first-order valence-electron chi connectivity index (χ1n) is 12.1. The van der Waals surface area contributed by atoms with E-state index in [1.165, 1.54) is 0 Å². The molecule has 40 heavy (non-hydrogen) atoms. The number of alkyl halides is 6. The van der Waals surface area contributed by atoms with Crippen molar-refractivity contribution in [3.63, 3.8) is 0 Å². The van der Waals surface area contributed by atoms with Crippen molar-refractivity contribution in [2.75, 3.05) is 5.32 Å². The number of pyridine rings is 1. The summed E-state index contributed by atoms with van der Waals surface area (Å²) in [5.41, 5.74) is 4.87. The van der Waals surface area contributed by atoms with Crippen LogP contribution in [0.15, 0.2) is 36.4 Å². The van der Waals surface area contributed by atoms with Crippen LogP contribution in [0.5, 0.6) is 0 Å². The van der Waals surface area contributed by atoms with Crippen LogP contribution in [0, 0.1) is 6.92 Å². The molecule has 1 aliphatic carbocycles. The standard InChI is InChI=1S/C26H21F6N5O2S/c1-12-2-4-13(5-3-12)15-10-17(25(27,28)29)34-24-20(15)21(22(40-24)23(33)39)35-19(38)8-9-37-16(14-6-7-14)11-18(36-37)26(30,31)32/h2-5,10-11,14H,6-9H2,1H3,(H2,33,39)(H,35,38). The number of hydrogen-bond acceptors (Lipinski definition) is 5. The molecule has 3 heterocycles. The van der Waals surface area contributed by atoms with E-state index in [9.17, 15) is 35.9 Å². The first kappa shape index (κ1) is 27.6. The van der Waals surface area contributed by atoms with Gasteiger partial charge in [0.25, 0.3) is 5.91 Å². The van der Waals surface area contributed by atoms with Gasteiger partial charge in [-0.3, -0.25) is 14.3 Å². The number of nitrogens with one attached hydrogen (secondary N) is 1. The topological polar surface area (TPSA) is 103 Å². The molecule has 1 aromatic carbocycles. The smallest absolute Gasteiger partial charge is 0.365 e. The highest BCUT2D eigenvalue weighted by Crippen LogP contribution is 2.44. The average molecular weight is 582 g/mol. The Balaban J connectivity index is 1.52. The highest BCUT2D eigenvalue weighted by Gasteiger charge is 2.38. The number of thiophene rings is 1. The van der Waals surface area contributed by atoms with Crippen molar-refractivity contribution in [1.82, 2.24) is 14.8 Å². The molecule has 0 unspecified atom stereocenters. The number of amides is 2. The van der Waals surface area contributed by atoms with Gasteiger partial charge in [-0.05, 0) is 43.0 Å². The Hall–Kier alpha value is -3.94. The highest BCUT2D eigenvalue weighted by atomic mass is 32.1. The van der Waals surface area contributed by atoms with E-state index in [-0.39, 0.29) is 45.2 Å². The predicted molar refractivity (Wildman–Crippen MR) is 136 cm³/mol. The summed E-state index contributed by atoms with van der Waals surface area (Å²) in [5, 5.41) is 6.27. The minimum Gasteiger partial charge on any atom is -0.365 e. The Labute approximate surface area is 227 Å². The molecule has 7 nitrogen and oxygen atoms in total. The van der Waals surface area contributed by atoms with Gasteiger partial charge in [-0.15, -0.1) is 11.3 Å². The van der Waals surface area contributed by atoms with Crippen LogP contribution in [-0.4, -0.2) is 26.6 Å². The lowest BCUT2D eigenvalue weighted by atomic mass is 10.00. The molecule has 0 atom stereocenters. The fraction of sp³-hybridized carbons (Fsp3) is 0.308. The third-order valence-electron chi connectivity index (χ3n) is 6.45. The Morgan fingerprint density at radius 1 is 1.05 bits per heavy atom. The molecule has 2 amide bonds. The number of nitrogens with zero attached hydrogens (tertiary/aromatic N) is 3. The number of aryl methyl sites for hydroxylation is 2. The SMILES string of the molecule is Cc1ccc(-c2cc(C(F)(F)F)nc3sc(C(N)=O)c(NC(=O)CCn4nc(C(F)(F)F)cc4C4CC4)c23)cc1. The quantitative estimate of drug-likeness (QED) is 0.243. The normalized spacial score (nSPS) is 14.1. The van der Waals surface area contributed by atoms with Crippen molar-refractivity contribution in [3.8, 4) is 11.1 Å². The number of nitrogens with two attached hydrogens (primary N) is 1. The Kier molecular flexibility index (Phi) is 6.84. The maximum Gasteiger partial charge on any atom is 0.435 e. The minimum absolute atomic E-state index is 0.0695. The van der Waals surface area contributed by atoms with Crippen molar-refractivity contribution in [1.29, 1.82) is 0 Å². The lowest BCUT2D eigenvalue weighted by molar-refractivity contribution is -0.142. The number of halogens is 6. The second-order valence-corrected chi connectivity index (χ2v) is 10.5. The van der Waals surface area contributed by atoms with Crippen LogP contribution in [0.1, 0.15) is 57.5 Å². The van der Waals surface area contributed by atoms with Crippen molar-refractivity contribution >= 4 is 39.1 Å². The Bertz CT molecular complexity index is 1620. The number of aromatic nitrogens is 3. The van der Waals surface area contributed by atoms with Gasteiger partial charge in [0.2, 0.25) is 5.91 Å². The molecule has 14 heteroatoms. The summed E-state index contributed by atoms with van der Waals surface area (Å²) in [5.74, 6) is -1.75. The van der Waals surface area contributed by atoms with Crippen molar-refractivity contribution in [2.24, 2.45) is 5.73 Å². The van der Waals surface area contributed by atoms with Crippen molar-refractivity contribution in [3.05, 3.63) is 63.9 Å². The molecule has 5 rings (SSSR count). The van der Waals surface area contributed by atoms with Crippen molar-refractivity contribution < 1.29 is 35.9 Å². The summed E-state index contributed by atoms with van der Waals surface area (Å²) in [6, 6.07) is 8.42. The zero-order valence-corrected chi connectivity index (χ0v) is 21.6. The minimum atomic E-state index is -4.79. The molecule has 1 fully saturated rings. The van der Waals surface area contributed by atoms with Crippen LogP contribution in [0.3, 0.4) is 0 Å². The van der Waals surface area contributed by atoms with Crippen LogP contribution in [0.25, 0.3) is 21.3 Å². The van der Waals surface area contributed by atoms with E-state index in [1.54, 1.807) is 31.2 Å². The van der Waals surface area contributed by atoms with Crippen LogP contribution in [0.2, 0.25) is 0 Å². The van der Waals surface area contributed by atoms with Gasteiger partial charge in [-0.1, -0.05) is 29.8 Å². The maximum absolute atomic E-state index is 13.7. The summed E-state index contributed by atoms with van der Waals surface area (Å²) >= 11 is 0.608. The molecule has 0 radical (unpaired) electrons. The van der Waals surface area contributed by atoms with E-state index in [1.807, 2.05) is 0 Å². The van der Waals surface area contributed by atoms with E-state index in [0.717, 1.165) is 22.4 Å². The third-order valence-corrected chi connectivity index (χ3v) is 7.55. The second kappa shape index (κ2) is 9.91. The molecular formula is C26H21F6N5O2S. The molecule has 4 aromatic rings. The molecule has 0 spiro atoms. The summed E-state index contributed by atoms with van der Waals surface area (Å²) in [6.07, 6.45) is -8.31. The zero-order valence-electron chi connectivity index (χ0n) is 20.8. The Morgan fingerprint density at radius 2 is 1.70 bits per heavy atom. The van der Waals surface area contributed by atoms with Crippen LogP contribution in [-0.2, 0) is 23.7 Å². The van der Waals surface area contributed by atoms with Gasteiger partial charge in [0.1, 0.15) is 15.4 Å². The number of rotatable bonds is 7. The molecule has 3 N–H and O–H groups in total. The lowest BCUT2D eigenvalue weighted by Crippen LogP contribution is -2.19. The van der Waals surface area contributed by atoms with Crippen LogP contribution < -0.4 is 11.1 Å². The molecule has 0 aliphatic heterocycles. The number of anilines is 1. The molecular weight excluding hydrogens is 560 g/mol. The summed E-state index contributed by atoms with van der Waals surface area (Å²) in [7, 11) is 0. The van der Waals surface area contributed by atoms with Gasteiger partial charge in [0.05, 0.1) is 5.69 Å². The molecule has 210 valence electrons. The summed E-state index contributed by atoms with van der Waals surface area (Å²) in [6.45, 7) is 1.63. The third kappa shape index (κ3) is 5.53. The fourth-order valence-electron chi connectivity index (χ4n) is 4.36. The first-order chi connectivity index (χ1) is 18.7. The maximum atomic E-state index is 13.7. The summed E-state index contributed by atoms with van der Waals surface area (Å²) in [4.78, 5) is 28.6. The lowest BCUT2D eigenvalue weighted by Gasteiger charge is -2.13. The number of carbonyl (C=O) groups is 2. The van der Waals surface area contributed by atoms with Gasteiger partial charge >= 0.3 is 12.4 Å². The van der Waals surface area contributed by atoms with E-state index in [4.69, 9.17) is 5.73 Å². The molecule has 1 aliphatic rings. The first-order valence-corrected chi connectivity index (χ1v) is 12.9. The molecule has 1 saturated carbocycles. The monoisotopic (exact) mass is 581 g/mol. The average Bonchev–Trinajstić information content (AvgIpc) is 3.50.